The molecule has 5 nitrogen and oxygen atoms in total. The summed E-state index contributed by atoms with van der Waals surface area (Å²) in [5.41, 5.74) is 1.19. The standard InChI is InChI=1S/C13H17ClN4O/c14-11-10(15-5-6-16-11)9-17-12(19)18-7-3-13(1-2-13)4-8-18/h5-6H,1-4,7-9H2,(H,17,19). The first kappa shape index (κ1) is 12.7. The van der Waals surface area contributed by atoms with Crippen molar-refractivity contribution in [3.8, 4) is 0 Å². The highest BCUT2D eigenvalue weighted by molar-refractivity contribution is 6.29. The number of hydrogen-bond acceptors (Lipinski definition) is 3. The van der Waals surface area contributed by atoms with Crippen LogP contribution in [0.5, 0.6) is 0 Å². The maximum atomic E-state index is 12.0. The van der Waals surface area contributed by atoms with Gasteiger partial charge in [-0.15, -0.1) is 0 Å². The van der Waals surface area contributed by atoms with E-state index in [0.717, 1.165) is 25.9 Å². The lowest BCUT2D eigenvalue weighted by atomic mass is 9.94. The number of halogens is 1. The van der Waals surface area contributed by atoms with Crippen LogP contribution < -0.4 is 5.32 Å². The lowest BCUT2D eigenvalue weighted by Gasteiger charge is -2.32. The number of piperidine rings is 1. The largest absolute Gasteiger partial charge is 0.332 e. The molecule has 2 amide bonds. The minimum absolute atomic E-state index is 0.0304. The van der Waals surface area contributed by atoms with E-state index in [9.17, 15) is 4.79 Å². The van der Waals surface area contributed by atoms with E-state index < -0.39 is 0 Å². The summed E-state index contributed by atoms with van der Waals surface area (Å²) >= 11 is 5.90. The van der Waals surface area contributed by atoms with Crippen LogP contribution in [0.4, 0.5) is 4.79 Å². The highest BCUT2D eigenvalue weighted by Crippen LogP contribution is 2.53. The summed E-state index contributed by atoms with van der Waals surface area (Å²) in [6, 6.07) is -0.0304. The van der Waals surface area contributed by atoms with E-state index in [1.807, 2.05) is 4.90 Å². The number of amides is 2. The Balaban J connectivity index is 1.50. The van der Waals surface area contributed by atoms with Crippen molar-refractivity contribution >= 4 is 17.6 Å². The summed E-state index contributed by atoms with van der Waals surface area (Å²) in [7, 11) is 0. The Morgan fingerprint density at radius 2 is 1.95 bits per heavy atom. The molecule has 2 aliphatic rings. The predicted molar refractivity (Wildman–Crippen MR) is 71.8 cm³/mol. The van der Waals surface area contributed by atoms with Crippen molar-refractivity contribution in [2.24, 2.45) is 5.41 Å². The molecule has 102 valence electrons. The molecule has 1 spiro atoms. The Bertz CT molecular complexity index is 479. The van der Waals surface area contributed by atoms with Gasteiger partial charge in [-0.1, -0.05) is 11.6 Å². The molecule has 0 unspecified atom stereocenters. The molecular formula is C13H17ClN4O. The fourth-order valence-electron chi connectivity index (χ4n) is 2.60. The maximum Gasteiger partial charge on any atom is 0.317 e. The molecule has 1 aromatic heterocycles. The van der Waals surface area contributed by atoms with Crippen molar-refractivity contribution in [3.05, 3.63) is 23.2 Å². The van der Waals surface area contributed by atoms with E-state index in [2.05, 4.69) is 15.3 Å². The second kappa shape index (κ2) is 4.96. The summed E-state index contributed by atoms with van der Waals surface area (Å²) in [5, 5.41) is 3.20. The lowest BCUT2D eigenvalue weighted by molar-refractivity contribution is 0.164. The molecule has 3 rings (SSSR count). The minimum Gasteiger partial charge on any atom is -0.332 e. The zero-order valence-electron chi connectivity index (χ0n) is 10.7. The van der Waals surface area contributed by atoms with Gasteiger partial charge in [-0.05, 0) is 31.1 Å². The number of nitrogens with zero attached hydrogens (tertiary/aromatic N) is 3. The van der Waals surface area contributed by atoms with Crippen LogP contribution in [0.15, 0.2) is 12.4 Å². The highest BCUT2D eigenvalue weighted by Gasteiger charge is 2.45. The maximum absolute atomic E-state index is 12.0. The second-order valence-corrected chi connectivity index (χ2v) is 5.80. The zero-order valence-corrected chi connectivity index (χ0v) is 11.5. The van der Waals surface area contributed by atoms with Crippen LogP contribution in [0.2, 0.25) is 5.15 Å². The average molecular weight is 281 g/mol. The fraction of sp³-hybridized carbons (Fsp3) is 0.615. The van der Waals surface area contributed by atoms with Gasteiger partial charge in [-0.2, -0.15) is 0 Å². The Hall–Kier alpha value is -1.36. The average Bonchev–Trinajstić information content (AvgIpc) is 3.18. The highest BCUT2D eigenvalue weighted by atomic mass is 35.5. The van der Waals surface area contributed by atoms with Crippen LogP contribution >= 0.6 is 11.6 Å². The van der Waals surface area contributed by atoms with Gasteiger partial charge in [0.05, 0.1) is 12.2 Å². The van der Waals surface area contributed by atoms with Crippen molar-refractivity contribution in [3.63, 3.8) is 0 Å². The van der Waals surface area contributed by atoms with Crippen LogP contribution in [-0.2, 0) is 6.54 Å². The Morgan fingerprint density at radius 3 is 2.58 bits per heavy atom. The van der Waals surface area contributed by atoms with Crippen LogP contribution in [0.1, 0.15) is 31.4 Å². The number of carbonyl (C=O) groups excluding carboxylic acids is 1. The summed E-state index contributed by atoms with van der Waals surface area (Å²) in [4.78, 5) is 22.0. The summed E-state index contributed by atoms with van der Waals surface area (Å²) in [6.45, 7) is 2.05. The molecule has 6 heteroatoms. The zero-order chi connectivity index (χ0) is 13.3. The third-order valence-corrected chi connectivity index (χ3v) is 4.51. The first-order chi connectivity index (χ1) is 9.19. The first-order valence-electron chi connectivity index (χ1n) is 6.67. The van der Waals surface area contributed by atoms with E-state index >= 15 is 0 Å². The molecule has 1 aliphatic carbocycles. The van der Waals surface area contributed by atoms with Crippen molar-refractivity contribution in [2.45, 2.75) is 32.2 Å². The van der Waals surface area contributed by atoms with Crippen molar-refractivity contribution < 1.29 is 4.79 Å². The molecule has 2 heterocycles. The molecule has 2 fully saturated rings. The number of likely N-dealkylation sites (tertiary alicyclic amines) is 1. The summed E-state index contributed by atoms with van der Waals surface area (Å²) < 4.78 is 0. The lowest BCUT2D eigenvalue weighted by Crippen LogP contribution is -2.44. The van der Waals surface area contributed by atoms with Crippen LogP contribution in [0.3, 0.4) is 0 Å². The van der Waals surface area contributed by atoms with Gasteiger partial charge in [0, 0.05) is 25.5 Å². The van der Waals surface area contributed by atoms with Gasteiger partial charge < -0.3 is 10.2 Å². The van der Waals surface area contributed by atoms with E-state index in [0.29, 0.717) is 22.8 Å². The van der Waals surface area contributed by atoms with E-state index in [4.69, 9.17) is 11.6 Å². The molecule has 0 aromatic carbocycles. The molecule has 19 heavy (non-hydrogen) atoms. The first-order valence-corrected chi connectivity index (χ1v) is 7.05. The second-order valence-electron chi connectivity index (χ2n) is 5.44. The Labute approximate surface area is 117 Å². The number of carbonyl (C=O) groups is 1. The van der Waals surface area contributed by atoms with Crippen molar-refractivity contribution in [1.82, 2.24) is 20.2 Å². The molecule has 0 radical (unpaired) electrons. The topological polar surface area (TPSA) is 58.1 Å². The molecular weight excluding hydrogens is 264 g/mol. The number of nitrogens with one attached hydrogen (secondary N) is 1. The molecule has 1 saturated heterocycles. The van der Waals surface area contributed by atoms with E-state index in [-0.39, 0.29) is 6.03 Å². The van der Waals surface area contributed by atoms with Crippen LogP contribution in [-0.4, -0.2) is 34.0 Å². The van der Waals surface area contributed by atoms with Gasteiger partial charge in [-0.3, -0.25) is 4.98 Å². The normalized spacial score (nSPS) is 20.4. The van der Waals surface area contributed by atoms with Gasteiger partial charge in [0.15, 0.2) is 5.15 Å². The van der Waals surface area contributed by atoms with Gasteiger partial charge >= 0.3 is 6.03 Å². The van der Waals surface area contributed by atoms with Crippen LogP contribution in [0.25, 0.3) is 0 Å². The van der Waals surface area contributed by atoms with Gasteiger partial charge in [0.2, 0.25) is 0 Å². The number of aromatic nitrogens is 2. The van der Waals surface area contributed by atoms with Crippen molar-refractivity contribution in [2.75, 3.05) is 13.1 Å². The third-order valence-electron chi connectivity index (χ3n) is 4.20. The molecule has 1 aromatic rings. The summed E-state index contributed by atoms with van der Waals surface area (Å²) in [5.74, 6) is 0. The quantitative estimate of drug-likeness (QED) is 0.904. The molecule has 0 atom stereocenters. The number of hydrogen-bond donors (Lipinski definition) is 1. The number of rotatable bonds is 2. The Kier molecular flexibility index (Phi) is 3.31. The third kappa shape index (κ3) is 2.81. The van der Waals surface area contributed by atoms with Gasteiger partial charge in [-0.25, -0.2) is 9.78 Å². The predicted octanol–water partition coefficient (Wildman–Crippen LogP) is 2.22. The fourth-order valence-corrected chi connectivity index (χ4v) is 2.77. The molecule has 1 N–H and O–H groups in total. The smallest absolute Gasteiger partial charge is 0.317 e. The molecule has 1 aliphatic heterocycles. The van der Waals surface area contributed by atoms with Crippen LogP contribution in [0, 0.1) is 5.41 Å². The molecule has 1 saturated carbocycles. The summed E-state index contributed by atoms with van der Waals surface area (Å²) in [6.07, 6.45) is 8.09. The number of urea groups is 1. The van der Waals surface area contributed by atoms with Crippen molar-refractivity contribution in [1.29, 1.82) is 0 Å². The van der Waals surface area contributed by atoms with Gasteiger partial charge in [0.1, 0.15) is 0 Å². The monoisotopic (exact) mass is 280 g/mol. The minimum atomic E-state index is -0.0304. The van der Waals surface area contributed by atoms with Gasteiger partial charge in [0.25, 0.3) is 0 Å². The SMILES string of the molecule is O=C(NCc1nccnc1Cl)N1CCC2(CC1)CC2. The van der Waals surface area contributed by atoms with E-state index in [1.165, 1.54) is 19.0 Å². The van der Waals surface area contributed by atoms with E-state index in [1.54, 1.807) is 6.20 Å². The Morgan fingerprint density at radius 1 is 1.26 bits per heavy atom. The molecule has 0 bridgehead atoms.